The van der Waals surface area contributed by atoms with Gasteiger partial charge in [-0.05, 0) is 56.0 Å². The predicted octanol–water partition coefficient (Wildman–Crippen LogP) is 5.46. The summed E-state index contributed by atoms with van der Waals surface area (Å²) in [6, 6.07) is 20.0. The molecule has 0 bridgehead atoms. The summed E-state index contributed by atoms with van der Waals surface area (Å²) >= 11 is 0. The zero-order chi connectivity index (χ0) is 31.7. The maximum Gasteiger partial charge on any atom is 0.264 e. The quantitative estimate of drug-likeness (QED) is 0.272. The molecule has 10 heteroatoms. The number of carbonyl (C=O) groups excluding carboxylic acids is 2. The highest BCUT2D eigenvalue weighted by Crippen LogP contribution is 2.32. The first-order valence-corrected chi connectivity index (χ1v) is 16.6. The molecule has 0 unspecified atom stereocenters. The van der Waals surface area contributed by atoms with Gasteiger partial charge in [0.2, 0.25) is 11.8 Å². The van der Waals surface area contributed by atoms with Gasteiger partial charge < -0.3 is 19.7 Å². The Hall–Kier alpha value is -4.05. The maximum absolute atomic E-state index is 14.3. The Morgan fingerprint density at radius 3 is 2.18 bits per heavy atom. The van der Waals surface area contributed by atoms with Crippen LogP contribution in [0, 0.1) is 6.92 Å². The Bertz CT molecular complexity index is 1510. The van der Waals surface area contributed by atoms with E-state index in [1.807, 2.05) is 44.2 Å². The fourth-order valence-electron chi connectivity index (χ4n) is 5.59. The molecule has 1 atom stereocenters. The van der Waals surface area contributed by atoms with Gasteiger partial charge in [0, 0.05) is 18.7 Å². The van der Waals surface area contributed by atoms with Crippen molar-refractivity contribution >= 4 is 27.5 Å². The minimum atomic E-state index is -4.25. The van der Waals surface area contributed by atoms with E-state index in [1.54, 1.807) is 24.3 Å². The second-order valence-corrected chi connectivity index (χ2v) is 13.0. The van der Waals surface area contributed by atoms with Crippen molar-refractivity contribution in [3.05, 3.63) is 83.9 Å². The van der Waals surface area contributed by atoms with E-state index in [0.717, 1.165) is 47.5 Å². The summed E-state index contributed by atoms with van der Waals surface area (Å²) in [7, 11) is -1.35. The van der Waals surface area contributed by atoms with Crippen molar-refractivity contribution in [2.75, 3.05) is 25.1 Å². The number of amides is 2. The minimum absolute atomic E-state index is 0.0554. The molecular formula is C34H43N3O6S. The maximum atomic E-state index is 14.3. The van der Waals surface area contributed by atoms with Crippen LogP contribution in [-0.4, -0.2) is 58.0 Å². The first-order valence-electron chi connectivity index (χ1n) is 15.1. The number of nitrogens with one attached hydrogen (secondary N) is 1. The van der Waals surface area contributed by atoms with Crippen LogP contribution < -0.4 is 19.1 Å². The van der Waals surface area contributed by atoms with Gasteiger partial charge in [-0.1, -0.05) is 74.2 Å². The highest BCUT2D eigenvalue weighted by atomic mass is 32.2. The molecular weight excluding hydrogens is 578 g/mol. The van der Waals surface area contributed by atoms with E-state index in [0.29, 0.717) is 17.9 Å². The van der Waals surface area contributed by atoms with Crippen LogP contribution >= 0.6 is 0 Å². The molecule has 0 heterocycles. The SMILES string of the molecule is CC[C@H](C(=O)NC1CCCCC1)N(Cc1ccccc1)C(=O)CN(c1ccc(C)cc1)S(=O)(=O)c1ccc(OC)c(OC)c1. The third kappa shape index (κ3) is 7.91. The van der Waals surface area contributed by atoms with E-state index in [1.165, 1.54) is 37.3 Å². The number of rotatable bonds is 13. The van der Waals surface area contributed by atoms with Crippen LogP contribution in [0.25, 0.3) is 0 Å². The van der Waals surface area contributed by atoms with Gasteiger partial charge in [-0.25, -0.2) is 8.42 Å². The largest absolute Gasteiger partial charge is 0.493 e. The van der Waals surface area contributed by atoms with Gasteiger partial charge in [0.25, 0.3) is 10.0 Å². The van der Waals surface area contributed by atoms with Gasteiger partial charge in [-0.2, -0.15) is 0 Å². The van der Waals surface area contributed by atoms with Crippen molar-refractivity contribution in [2.45, 2.75) is 75.9 Å². The average Bonchev–Trinajstić information content (AvgIpc) is 3.04. The van der Waals surface area contributed by atoms with Crippen LogP contribution in [0.3, 0.4) is 0 Å². The fourth-order valence-corrected chi connectivity index (χ4v) is 7.02. The molecule has 1 fully saturated rings. The number of nitrogens with zero attached hydrogens (tertiary/aromatic N) is 2. The monoisotopic (exact) mass is 621 g/mol. The van der Waals surface area contributed by atoms with E-state index in [-0.39, 0.29) is 29.1 Å². The van der Waals surface area contributed by atoms with Crippen molar-refractivity contribution in [1.29, 1.82) is 0 Å². The predicted molar refractivity (Wildman–Crippen MR) is 171 cm³/mol. The van der Waals surface area contributed by atoms with Gasteiger partial charge in [0.05, 0.1) is 24.8 Å². The van der Waals surface area contributed by atoms with Gasteiger partial charge >= 0.3 is 0 Å². The second-order valence-electron chi connectivity index (χ2n) is 11.1. The summed E-state index contributed by atoms with van der Waals surface area (Å²) in [5.41, 5.74) is 2.12. The molecule has 0 radical (unpaired) electrons. The molecule has 44 heavy (non-hydrogen) atoms. The molecule has 3 aromatic carbocycles. The van der Waals surface area contributed by atoms with Crippen LogP contribution in [0.4, 0.5) is 5.69 Å². The highest BCUT2D eigenvalue weighted by Gasteiger charge is 2.34. The number of ether oxygens (including phenoxy) is 2. The molecule has 1 saturated carbocycles. The van der Waals surface area contributed by atoms with Crippen LogP contribution in [0.1, 0.15) is 56.6 Å². The second kappa shape index (κ2) is 15.1. The Morgan fingerprint density at radius 1 is 0.909 bits per heavy atom. The van der Waals surface area contributed by atoms with Crippen molar-refractivity contribution in [3.63, 3.8) is 0 Å². The van der Waals surface area contributed by atoms with Gasteiger partial charge in [-0.15, -0.1) is 0 Å². The highest BCUT2D eigenvalue weighted by molar-refractivity contribution is 7.92. The first kappa shape index (κ1) is 32.9. The minimum Gasteiger partial charge on any atom is -0.493 e. The number of benzene rings is 3. The molecule has 0 saturated heterocycles. The van der Waals surface area contributed by atoms with Gasteiger partial charge in [-0.3, -0.25) is 13.9 Å². The number of methoxy groups -OCH3 is 2. The summed E-state index contributed by atoms with van der Waals surface area (Å²) < 4.78 is 40.2. The standard InChI is InChI=1S/C34H43N3O6S/c1-5-30(34(39)35-27-14-10-7-11-15-27)36(23-26-12-8-6-9-13-26)33(38)24-37(28-18-16-25(2)17-19-28)44(40,41)29-20-21-31(42-3)32(22-29)43-4/h6,8-9,12-13,16-22,27,30H,5,7,10-11,14-15,23-24H2,1-4H3,(H,35,39)/t30-/m1/s1. The number of hydrogen-bond donors (Lipinski definition) is 1. The summed E-state index contributed by atoms with van der Waals surface area (Å²) in [6.45, 7) is 3.43. The topological polar surface area (TPSA) is 105 Å². The van der Waals surface area contributed by atoms with E-state index in [2.05, 4.69) is 5.32 Å². The van der Waals surface area contributed by atoms with E-state index in [9.17, 15) is 18.0 Å². The van der Waals surface area contributed by atoms with Crippen LogP contribution in [0.15, 0.2) is 77.7 Å². The molecule has 1 aliphatic carbocycles. The molecule has 236 valence electrons. The van der Waals surface area contributed by atoms with Gasteiger partial charge in [0.15, 0.2) is 11.5 Å². The van der Waals surface area contributed by atoms with Crippen LogP contribution in [-0.2, 0) is 26.2 Å². The molecule has 0 aliphatic heterocycles. The summed E-state index contributed by atoms with van der Waals surface area (Å²) in [5, 5.41) is 3.17. The lowest BCUT2D eigenvalue weighted by atomic mass is 9.95. The van der Waals surface area contributed by atoms with Crippen LogP contribution in [0.2, 0.25) is 0 Å². The van der Waals surface area contributed by atoms with E-state index in [4.69, 9.17) is 9.47 Å². The zero-order valence-corrected chi connectivity index (χ0v) is 26.8. The van der Waals surface area contributed by atoms with E-state index < -0.39 is 28.5 Å². The normalized spacial score (nSPS) is 14.4. The Balaban J connectivity index is 1.72. The number of sulfonamides is 1. The van der Waals surface area contributed by atoms with Crippen molar-refractivity contribution in [3.8, 4) is 11.5 Å². The Morgan fingerprint density at radius 2 is 1.57 bits per heavy atom. The third-order valence-electron chi connectivity index (χ3n) is 8.08. The van der Waals surface area contributed by atoms with Crippen molar-refractivity contribution in [1.82, 2.24) is 10.2 Å². The lowest BCUT2D eigenvalue weighted by molar-refractivity contribution is -0.140. The molecule has 0 spiro atoms. The van der Waals surface area contributed by atoms with Crippen LogP contribution in [0.5, 0.6) is 11.5 Å². The lowest BCUT2D eigenvalue weighted by Gasteiger charge is -2.34. The molecule has 9 nitrogen and oxygen atoms in total. The number of carbonyl (C=O) groups is 2. The summed E-state index contributed by atoms with van der Waals surface area (Å²) in [4.78, 5) is 29.4. The third-order valence-corrected chi connectivity index (χ3v) is 9.85. The Labute approximate surface area is 261 Å². The van der Waals surface area contributed by atoms with Gasteiger partial charge in [0.1, 0.15) is 12.6 Å². The molecule has 4 rings (SSSR count). The molecule has 2 amide bonds. The summed E-state index contributed by atoms with van der Waals surface area (Å²) in [5.74, 6) is -0.0643. The number of anilines is 1. The molecule has 3 aromatic rings. The lowest BCUT2D eigenvalue weighted by Crippen LogP contribution is -2.54. The molecule has 1 aliphatic rings. The van der Waals surface area contributed by atoms with Crippen molar-refractivity contribution in [2.24, 2.45) is 0 Å². The fraction of sp³-hybridized carbons (Fsp3) is 0.412. The Kier molecular flexibility index (Phi) is 11.3. The number of aryl methyl sites for hydroxylation is 1. The zero-order valence-electron chi connectivity index (χ0n) is 26.0. The van der Waals surface area contributed by atoms with Crippen molar-refractivity contribution < 1.29 is 27.5 Å². The number of hydrogen-bond acceptors (Lipinski definition) is 6. The summed E-state index contributed by atoms with van der Waals surface area (Å²) in [6.07, 6.45) is 5.50. The first-order chi connectivity index (χ1) is 21.2. The smallest absolute Gasteiger partial charge is 0.264 e. The molecule has 0 aromatic heterocycles. The average molecular weight is 622 g/mol. The molecule has 1 N–H and O–H groups in total. The van der Waals surface area contributed by atoms with E-state index >= 15 is 0 Å².